The Labute approximate surface area is 486 Å². The lowest BCUT2D eigenvalue weighted by atomic mass is 9.87. The minimum Gasteiger partial charge on any atom is -0.194 e. The summed E-state index contributed by atoms with van der Waals surface area (Å²) < 4.78 is 496. The molecule has 39 heteroatoms. The molecule has 0 nitrogen and oxygen atoms in total. The van der Waals surface area contributed by atoms with E-state index in [2.05, 4.69) is 0 Å². The molecule has 0 amide bonds. The van der Waals surface area contributed by atoms with Gasteiger partial charge in [0, 0.05) is 40.4 Å². The van der Waals surface area contributed by atoms with Crippen LogP contribution in [0.25, 0.3) is 39.0 Å². The smallest absolute Gasteiger partial charge is 0.194 e. The van der Waals surface area contributed by atoms with Crippen LogP contribution in [-0.2, 0) is 24.7 Å². The van der Waals surface area contributed by atoms with E-state index in [9.17, 15) is 96.6 Å². The van der Waals surface area contributed by atoms with Gasteiger partial charge in [0.05, 0.1) is 9.75 Å². The van der Waals surface area contributed by atoms with Crippen LogP contribution < -0.4 is 0 Å². The number of halogens is 34. The number of hydrogen-bond donors (Lipinski definition) is 0. The van der Waals surface area contributed by atoms with Crippen LogP contribution in [0.3, 0.4) is 0 Å². The van der Waals surface area contributed by atoms with Gasteiger partial charge in [0.15, 0.2) is 0 Å². The fourth-order valence-electron chi connectivity index (χ4n) is 8.20. The number of hydrogen-bond acceptors (Lipinski definition) is 5. The van der Waals surface area contributed by atoms with Crippen LogP contribution in [0.15, 0.2) is 47.2 Å². The normalized spacial score (nSPS) is 15.1. The average Bonchev–Trinajstić information content (AvgIpc) is 1.40. The molecule has 0 unspecified atom stereocenters. The molecule has 0 N–H and O–H groups in total. The zero-order chi connectivity index (χ0) is 67.2. The molecule has 0 radical (unpaired) electrons. The maximum atomic E-state index is 16.5. The summed E-state index contributed by atoms with van der Waals surface area (Å²) in [5.41, 5.74) is -5.80. The quantitative estimate of drug-likeness (QED) is 0.0346. The van der Waals surface area contributed by atoms with E-state index in [0.29, 0.717) is 37.8 Å². The number of rotatable bonds is 28. The summed E-state index contributed by atoms with van der Waals surface area (Å²) in [5, 5.41) is 1.84. The van der Waals surface area contributed by atoms with Gasteiger partial charge in [0.2, 0.25) is 0 Å². The monoisotopic (exact) mass is 1420 g/mol. The lowest BCUT2D eigenvalue weighted by molar-refractivity contribution is -0.462. The molecule has 5 aromatic rings. The summed E-state index contributed by atoms with van der Waals surface area (Å²) in [6.45, 7) is 3.27. The van der Waals surface area contributed by atoms with Gasteiger partial charge in [-0.05, 0) is 71.8 Å². The minimum atomic E-state index is -9.00. The molecule has 0 aliphatic heterocycles. The van der Waals surface area contributed by atoms with Crippen LogP contribution >= 0.6 is 56.7 Å². The summed E-state index contributed by atoms with van der Waals surface area (Å²) in [5.74, 6) is -119. The summed E-state index contributed by atoms with van der Waals surface area (Å²) in [7, 11) is 0. The molecule has 0 atom stereocenters. The first-order valence-corrected chi connectivity index (χ1v) is 28.2. The van der Waals surface area contributed by atoms with E-state index >= 15 is 52.7 Å². The molecule has 0 fully saturated rings. The third-order valence-corrected chi connectivity index (χ3v) is 19.2. The molecule has 0 aliphatic rings. The highest BCUT2D eigenvalue weighted by Crippen LogP contribution is 2.69. The van der Waals surface area contributed by atoms with E-state index in [1.807, 2.05) is 0 Å². The minimum absolute atomic E-state index is 0.0704. The zero-order valence-corrected chi connectivity index (χ0v) is 46.7. The predicted octanol–water partition coefficient (Wildman–Crippen LogP) is 23.8. The van der Waals surface area contributed by atoms with Crippen molar-refractivity contribution in [3.05, 3.63) is 69.4 Å². The number of alkyl halides is 34. The maximum Gasteiger partial charge on any atom is 0.460 e. The van der Waals surface area contributed by atoms with E-state index in [0.717, 1.165) is 22.9 Å². The van der Waals surface area contributed by atoms with Crippen LogP contribution in [-0.4, -0.2) is 83.4 Å². The topological polar surface area (TPSA) is 0 Å². The Morgan fingerprint density at radius 3 is 0.793 bits per heavy atom. The number of thiophene rings is 5. The second kappa shape index (κ2) is 23.7. The van der Waals surface area contributed by atoms with Crippen LogP contribution in [0.5, 0.6) is 0 Å². The first kappa shape index (κ1) is 73.9. The summed E-state index contributed by atoms with van der Waals surface area (Å²) in [6, 6.07) is 2.65. The molecule has 5 aromatic heterocycles. The lowest BCUT2D eigenvalue weighted by Crippen LogP contribution is -2.74. The molecule has 0 spiro atoms. The van der Waals surface area contributed by atoms with Gasteiger partial charge in [0.25, 0.3) is 0 Å². The first-order valence-electron chi connectivity index (χ1n) is 24.0. The third kappa shape index (κ3) is 11.3. The number of unbranched alkanes of at least 4 members (excludes halogenated alkanes) is 6. The Kier molecular flexibility index (Phi) is 20.1. The average molecular weight is 1420 g/mol. The van der Waals surface area contributed by atoms with Crippen molar-refractivity contribution in [2.24, 2.45) is 0 Å². The van der Waals surface area contributed by atoms with E-state index < -0.39 is 158 Å². The fraction of sp³-hybridized carbons (Fsp3) is 0.583. The largest absolute Gasteiger partial charge is 0.460 e. The third-order valence-electron chi connectivity index (χ3n) is 13.2. The van der Waals surface area contributed by atoms with Crippen molar-refractivity contribution in [2.75, 3.05) is 0 Å². The van der Waals surface area contributed by atoms with E-state index in [-0.39, 0.29) is 106 Å². The highest BCUT2D eigenvalue weighted by molar-refractivity contribution is 7.30. The van der Waals surface area contributed by atoms with Gasteiger partial charge in [-0.1, -0.05) is 64.5 Å². The van der Waals surface area contributed by atoms with Crippen molar-refractivity contribution in [3.8, 4) is 39.0 Å². The molecular formula is C48H34F34S5. The van der Waals surface area contributed by atoms with Gasteiger partial charge in [-0.25, -0.2) is 0 Å². The van der Waals surface area contributed by atoms with Crippen molar-refractivity contribution < 1.29 is 149 Å². The SMILES string of the molecule is CCCCCCc1c(-c2cc(C(F)(F)C(F)(F)C(F)(F)C(F)(F)C(F)(F)C(F)(F)C(F)(F)C(F)(F)F)c(-c3cccs3)s2)sc(-c2cc(C(F)(F)C(F)(F)C(F)(F)C(F)(F)C(F)(F)C(F)(F)C(F)(F)C(F)(F)F)c(-c3cccs3)s2)c1CCCCCC. The Balaban J connectivity index is 1.85. The highest BCUT2D eigenvalue weighted by Gasteiger charge is 2.97. The van der Waals surface area contributed by atoms with Gasteiger partial charge < -0.3 is 0 Å². The van der Waals surface area contributed by atoms with Crippen molar-refractivity contribution in [1.29, 1.82) is 0 Å². The Hall–Kier alpha value is -3.88. The molecule has 0 saturated heterocycles. The first-order chi connectivity index (χ1) is 39.0. The standard InChI is InChI=1S/C48H34F34S5/c1-3-5-7-9-13-21-22(14-10-8-6-4-2)30(28-20-24(32(86-28)26-16-12-18-84-26)34(51,52)36(55,56)38(59,60)40(63,64)42(67,68)44(71,72)46(75,76)48(80,81)82)87-29(21)27-19-23(31(85-27)25-15-11-17-83-25)33(49,50)35(53,54)37(57,58)39(61,62)41(65,66)43(69,70)45(73,74)47(77,78)79/h11-12,15-20H,3-10,13-14H2,1-2H3. The lowest BCUT2D eigenvalue weighted by Gasteiger charge is -2.42. The molecule has 0 aromatic carbocycles. The molecule has 87 heavy (non-hydrogen) atoms. The zero-order valence-electron chi connectivity index (χ0n) is 42.6. The predicted molar refractivity (Wildman–Crippen MR) is 253 cm³/mol. The van der Waals surface area contributed by atoms with Crippen molar-refractivity contribution >= 4 is 56.7 Å². The fourth-order valence-corrected chi connectivity index (χ4v) is 14.0. The van der Waals surface area contributed by atoms with Gasteiger partial charge in [-0.3, -0.25) is 0 Å². The van der Waals surface area contributed by atoms with Crippen molar-refractivity contribution in [3.63, 3.8) is 0 Å². The summed E-state index contributed by atoms with van der Waals surface area (Å²) in [6.07, 6.45) is -15.2. The van der Waals surface area contributed by atoms with Gasteiger partial charge in [0.1, 0.15) is 0 Å². The van der Waals surface area contributed by atoms with Gasteiger partial charge >= 0.3 is 95.3 Å². The second-order valence-electron chi connectivity index (χ2n) is 19.0. The molecule has 0 aliphatic carbocycles. The molecule has 5 rings (SSSR count). The Bertz CT molecular complexity index is 2920. The van der Waals surface area contributed by atoms with Crippen molar-refractivity contribution in [1.82, 2.24) is 0 Å². The van der Waals surface area contributed by atoms with Crippen molar-refractivity contribution in [2.45, 2.75) is 173 Å². The van der Waals surface area contributed by atoms with E-state index in [1.165, 1.54) is 0 Å². The summed E-state index contributed by atoms with van der Waals surface area (Å²) in [4.78, 5) is -7.67. The van der Waals surface area contributed by atoms with Gasteiger partial charge in [-0.15, -0.1) is 56.7 Å². The molecular weight excluding hydrogens is 1380 g/mol. The highest BCUT2D eigenvalue weighted by atomic mass is 32.1. The van der Waals surface area contributed by atoms with Gasteiger partial charge in [-0.2, -0.15) is 149 Å². The Morgan fingerprint density at radius 2 is 0.552 bits per heavy atom. The second-order valence-corrected chi connectivity index (χ2v) is 24.1. The van der Waals surface area contributed by atoms with Crippen LogP contribution in [0, 0.1) is 0 Å². The van der Waals surface area contributed by atoms with E-state index in [4.69, 9.17) is 0 Å². The van der Waals surface area contributed by atoms with Crippen LogP contribution in [0.1, 0.15) is 87.5 Å². The van der Waals surface area contributed by atoms with Crippen LogP contribution in [0.4, 0.5) is 149 Å². The summed E-state index contributed by atoms with van der Waals surface area (Å²) >= 11 is 0.0389. The molecule has 0 saturated carbocycles. The maximum absolute atomic E-state index is 16.5. The van der Waals surface area contributed by atoms with Crippen LogP contribution in [0.2, 0.25) is 0 Å². The molecule has 0 bridgehead atoms. The Morgan fingerprint density at radius 1 is 0.287 bits per heavy atom. The molecule has 494 valence electrons. The molecule has 5 heterocycles. The van der Waals surface area contributed by atoms with E-state index in [1.54, 1.807) is 13.8 Å².